The van der Waals surface area contributed by atoms with Gasteiger partial charge in [0.2, 0.25) is 6.41 Å². The van der Waals surface area contributed by atoms with Crippen molar-refractivity contribution in [1.29, 1.82) is 0 Å². The molecule has 0 saturated heterocycles. The zero-order valence-corrected chi connectivity index (χ0v) is 11.4. The number of phenols is 1. The molecule has 1 saturated carbocycles. The molecule has 0 spiro atoms. The summed E-state index contributed by atoms with van der Waals surface area (Å²) in [5, 5.41) is 19.2. The number of benzene rings is 1. The van der Waals surface area contributed by atoms with Crippen LogP contribution in [-0.2, 0) is 15.1 Å². The van der Waals surface area contributed by atoms with Crippen LogP contribution in [0.5, 0.6) is 11.5 Å². The first-order valence-corrected chi connectivity index (χ1v) is 6.29. The molecule has 6 nitrogen and oxygen atoms in total. The summed E-state index contributed by atoms with van der Waals surface area (Å²) in [6.45, 7) is 1.48. The highest BCUT2D eigenvalue weighted by atomic mass is 16.5. The Morgan fingerprint density at radius 1 is 1.50 bits per heavy atom. The van der Waals surface area contributed by atoms with Gasteiger partial charge in [0.25, 0.3) is 0 Å². The summed E-state index contributed by atoms with van der Waals surface area (Å²) < 4.78 is 5.00. The van der Waals surface area contributed by atoms with E-state index in [1.807, 2.05) is 0 Å². The maximum Gasteiger partial charge on any atom is 0.334 e. The number of rotatable bonds is 6. The maximum atomic E-state index is 11.7. The van der Waals surface area contributed by atoms with Gasteiger partial charge in [-0.3, -0.25) is 4.79 Å². The third-order valence-electron chi connectivity index (χ3n) is 3.73. The number of carbonyl (C=O) groups excluding carboxylic acids is 1. The maximum absolute atomic E-state index is 11.7. The molecule has 1 aliphatic rings. The van der Waals surface area contributed by atoms with Gasteiger partial charge in [-0.15, -0.1) is 0 Å². The first-order valence-electron chi connectivity index (χ1n) is 6.29. The molecule has 1 aliphatic carbocycles. The van der Waals surface area contributed by atoms with Crippen molar-refractivity contribution in [2.24, 2.45) is 0 Å². The average Bonchev–Trinajstić information content (AvgIpc) is 3.24. The minimum absolute atomic E-state index is 0.0478. The van der Waals surface area contributed by atoms with E-state index in [1.54, 1.807) is 0 Å². The zero-order chi connectivity index (χ0) is 14.9. The number of carboxylic acid groups (broad SMARTS) is 1. The van der Waals surface area contributed by atoms with E-state index in [2.05, 4.69) is 0 Å². The van der Waals surface area contributed by atoms with E-state index < -0.39 is 11.5 Å². The Bertz CT molecular complexity index is 540. The van der Waals surface area contributed by atoms with Gasteiger partial charge >= 0.3 is 5.97 Å². The number of aromatic hydroxyl groups is 1. The van der Waals surface area contributed by atoms with Crippen LogP contribution in [-0.4, -0.2) is 40.6 Å². The summed E-state index contributed by atoms with van der Waals surface area (Å²) in [7, 11) is 1.38. The van der Waals surface area contributed by atoms with E-state index >= 15 is 0 Å². The van der Waals surface area contributed by atoms with E-state index in [4.69, 9.17) is 4.74 Å². The standard InChI is InChI=1S/C14H17NO5/c1-14(13(18)19,15(8-16)10-4-5-10)9-3-6-11(17)12(7-9)20-2/h3,6-8,10,17H,4-5H2,1-2H3,(H,18,19). The van der Waals surface area contributed by atoms with Crippen molar-refractivity contribution >= 4 is 12.4 Å². The predicted octanol–water partition coefficient (Wildman–Crippen LogP) is 1.32. The van der Waals surface area contributed by atoms with Crippen LogP contribution in [0.2, 0.25) is 0 Å². The molecular formula is C14H17NO5. The van der Waals surface area contributed by atoms with Crippen LogP contribution in [0.15, 0.2) is 18.2 Å². The molecule has 0 radical (unpaired) electrons. The zero-order valence-electron chi connectivity index (χ0n) is 11.4. The molecular weight excluding hydrogens is 262 g/mol. The summed E-state index contributed by atoms with van der Waals surface area (Å²) >= 11 is 0. The number of ether oxygens (including phenoxy) is 1. The van der Waals surface area contributed by atoms with Crippen molar-refractivity contribution in [2.75, 3.05) is 7.11 Å². The average molecular weight is 279 g/mol. The fourth-order valence-corrected chi connectivity index (χ4v) is 2.27. The minimum Gasteiger partial charge on any atom is -0.504 e. The lowest BCUT2D eigenvalue weighted by atomic mass is 9.89. The number of carbonyl (C=O) groups is 2. The number of nitrogens with zero attached hydrogens (tertiary/aromatic N) is 1. The van der Waals surface area contributed by atoms with Crippen LogP contribution < -0.4 is 4.74 Å². The molecule has 2 N–H and O–H groups in total. The van der Waals surface area contributed by atoms with E-state index in [0.717, 1.165) is 12.8 Å². The van der Waals surface area contributed by atoms with Crippen molar-refractivity contribution in [3.8, 4) is 11.5 Å². The van der Waals surface area contributed by atoms with Crippen molar-refractivity contribution in [3.05, 3.63) is 23.8 Å². The van der Waals surface area contributed by atoms with Gasteiger partial charge in [0, 0.05) is 6.04 Å². The van der Waals surface area contributed by atoms with Gasteiger partial charge in [-0.1, -0.05) is 6.07 Å². The topological polar surface area (TPSA) is 87.1 Å². The second kappa shape index (κ2) is 5.03. The number of hydrogen-bond acceptors (Lipinski definition) is 4. The largest absolute Gasteiger partial charge is 0.504 e. The second-order valence-corrected chi connectivity index (χ2v) is 5.01. The van der Waals surface area contributed by atoms with E-state index in [9.17, 15) is 19.8 Å². The van der Waals surface area contributed by atoms with Crippen molar-refractivity contribution in [1.82, 2.24) is 4.90 Å². The second-order valence-electron chi connectivity index (χ2n) is 5.01. The van der Waals surface area contributed by atoms with Gasteiger partial charge in [-0.2, -0.15) is 0 Å². The van der Waals surface area contributed by atoms with Crippen LogP contribution >= 0.6 is 0 Å². The van der Waals surface area contributed by atoms with Crippen molar-refractivity contribution in [2.45, 2.75) is 31.3 Å². The smallest absolute Gasteiger partial charge is 0.334 e. The molecule has 1 fully saturated rings. The Balaban J connectivity index is 2.52. The number of amides is 1. The molecule has 0 aromatic heterocycles. The molecule has 1 unspecified atom stereocenters. The lowest BCUT2D eigenvalue weighted by molar-refractivity contribution is -0.155. The molecule has 0 bridgehead atoms. The predicted molar refractivity (Wildman–Crippen MR) is 70.6 cm³/mol. The highest BCUT2D eigenvalue weighted by Crippen LogP contribution is 2.40. The summed E-state index contributed by atoms with van der Waals surface area (Å²) in [6.07, 6.45) is 2.18. The molecule has 1 amide bonds. The Kier molecular flexibility index (Phi) is 3.57. The third kappa shape index (κ3) is 2.17. The fourth-order valence-electron chi connectivity index (χ4n) is 2.27. The SMILES string of the molecule is COc1cc(C(C)(C(=O)O)N(C=O)C2CC2)ccc1O. The minimum atomic E-state index is -1.48. The lowest BCUT2D eigenvalue weighted by Crippen LogP contribution is -2.50. The number of phenolic OH excluding ortho intramolecular Hbond substituents is 1. The van der Waals surface area contributed by atoms with Gasteiger partial charge in [-0.25, -0.2) is 4.79 Å². The van der Waals surface area contributed by atoms with Crippen molar-refractivity contribution in [3.63, 3.8) is 0 Å². The Morgan fingerprint density at radius 3 is 2.60 bits per heavy atom. The first kappa shape index (κ1) is 14.2. The molecule has 20 heavy (non-hydrogen) atoms. The monoisotopic (exact) mass is 279 g/mol. The summed E-state index contributed by atoms with van der Waals surface area (Å²) in [6, 6.07) is 4.26. The normalized spacial score (nSPS) is 17.1. The van der Waals surface area contributed by atoms with Gasteiger partial charge in [0.15, 0.2) is 17.0 Å². The Hall–Kier alpha value is -2.24. The molecule has 0 heterocycles. The number of methoxy groups -OCH3 is 1. The van der Waals surface area contributed by atoms with Crippen molar-refractivity contribution < 1.29 is 24.5 Å². The van der Waals surface area contributed by atoms with E-state index in [0.29, 0.717) is 12.0 Å². The quantitative estimate of drug-likeness (QED) is 0.767. The van der Waals surface area contributed by atoms with Crippen LogP contribution in [0.3, 0.4) is 0 Å². The van der Waals surface area contributed by atoms with Crippen LogP contribution in [0.4, 0.5) is 0 Å². The molecule has 1 aromatic carbocycles. The molecule has 1 atom stereocenters. The Labute approximate surface area is 116 Å². The Morgan fingerprint density at radius 2 is 2.15 bits per heavy atom. The number of hydrogen-bond donors (Lipinski definition) is 2. The van der Waals surface area contributed by atoms with Crippen LogP contribution in [0.1, 0.15) is 25.3 Å². The fraction of sp³-hybridized carbons (Fsp3) is 0.429. The van der Waals surface area contributed by atoms with Gasteiger partial charge in [-0.05, 0) is 37.5 Å². The van der Waals surface area contributed by atoms with E-state index in [1.165, 1.54) is 37.1 Å². The van der Waals surface area contributed by atoms with Crippen LogP contribution in [0.25, 0.3) is 0 Å². The van der Waals surface area contributed by atoms with Gasteiger partial charge in [0.05, 0.1) is 7.11 Å². The highest BCUT2D eigenvalue weighted by Gasteiger charge is 2.47. The number of aliphatic carboxylic acids is 1. The molecule has 1 aromatic rings. The van der Waals surface area contributed by atoms with Crippen LogP contribution in [0, 0.1) is 0 Å². The third-order valence-corrected chi connectivity index (χ3v) is 3.73. The molecule has 2 rings (SSSR count). The van der Waals surface area contributed by atoms with Gasteiger partial charge < -0.3 is 19.8 Å². The summed E-state index contributed by atoms with van der Waals surface area (Å²) in [4.78, 5) is 24.4. The lowest BCUT2D eigenvalue weighted by Gasteiger charge is -2.36. The van der Waals surface area contributed by atoms with Gasteiger partial charge in [0.1, 0.15) is 0 Å². The highest BCUT2D eigenvalue weighted by molar-refractivity contribution is 5.83. The first-order chi connectivity index (χ1) is 9.44. The number of carboxylic acids is 1. The summed E-state index contributed by atoms with van der Waals surface area (Å²) in [5.41, 5.74) is -1.09. The molecule has 0 aliphatic heterocycles. The molecule has 108 valence electrons. The summed E-state index contributed by atoms with van der Waals surface area (Å²) in [5.74, 6) is -1.02. The molecule has 6 heteroatoms. The van der Waals surface area contributed by atoms with E-state index in [-0.39, 0.29) is 17.5 Å².